The summed E-state index contributed by atoms with van der Waals surface area (Å²) in [5.74, 6) is 0. The molecule has 0 atom stereocenters. The standard InChI is InChI=1S/C13H19N/c1-4-12-7-5-6-8-13(12)10-14-9-11(2)3/h5-8,14H,2,4,9-10H2,1,3H3. The molecule has 0 aliphatic rings. The molecule has 0 saturated carbocycles. The van der Waals surface area contributed by atoms with Gasteiger partial charge in [-0.25, -0.2) is 0 Å². The summed E-state index contributed by atoms with van der Waals surface area (Å²) in [6, 6.07) is 8.57. The van der Waals surface area contributed by atoms with Crippen molar-refractivity contribution >= 4 is 0 Å². The molecule has 1 heteroatoms. The van der Waals surface area contributed by atoms with Crippen molar-refractivity contribution in [1.82, 2.24) is 5.32 Å². The first-order valence-electron chi connectivity index (χ1n) is 5.16. The van der Waals surface area contributed by atoms with Crippen LogP contribution in [0.2, 0.25) is 0 Å². The van der Waals surface area contributed by atoms with Crippen molar-refractivity contribution in [2.24, 2.45) is 0 Å². The Morgan fingerprint density at radius 2 is 1.93 bits per heavy atom. The maximum atomic E-state index is 3.87. The van der Waals surface area contributed by atoms with E-state index in [1.165, 1.54) is 16.7 Å². The summed E-state index contributed by atoms with van der Waals surface area (Å²) in [5.41, 5.74) is 4.01. The maximum Gasteiger partial charge on any atom is 0.0211 e. The summed E-state index contributed by atoms with van der Waals surface area (Å²) < 4.78 is 0. The van der Waals surface area contributed by atoms with Gasteiger partial charge in [0.1, 0.15) is 0 Å². The average molecular weight is 189 g/mol. The number of hydrogen-bond donors (Lipinski definition) is 1. The molecule has 76 valence electrons. The Bertz CT molecular complexity index is 302. The molecule has 0 aliphatic heterocycles. The summed E-state index contributed by atoms with van der Waals surface area (Å²) >= 11 is 0. The molecule has 14 heavy (non-hydrogen) atoms. The predicted molar refractivity (Wildman–Crippen MR) is 62.3 cm³/mol. The van der Waals surface area contributed by atoms with Crippen LogP contribution in [0.15, 0.2) is 36.4 Å². The number of nitrogens with one attached hydrogen (secondary N) is 1. The Labute approximate surface area is 86.8 Å². The third-order valence-electron chi connectivity index (χ3n) is 2.24. The molecule has 0 amide bonds. The molecular weight excluding hydrogens is 170 g/mol. The van der Waals surface area contributed by atoms with E-state index in [9.17, 15) is 0 Å². The van der Waals surface area contributed by atoms with E-state index < -0.39 is 0 Å². The minimum atomic E-state index is 0.901. The van der Waals surface area contributed by atoms with Crippen molar-refractivity contribution < 1.29 is 0 Å². The van der Waals surface area contributed by atoms with E-state index in [0.717, 1.165) is 19.5 Å². The van der Waals surface area contributed by atoms with Crippen molar-refractivity contribution in [3.05, 3.63) is 47.5 Å². The lowest BCUT2D eigenvalue weighted by atomic mass is 10.1. The second-order valence-electron chi connectivity index (χ2n) is 3.68. The quantitative estimate of drug-likeness (QED) is 0.702. The zero-order valence-corrected chi connectivity index (χ0v) is 9.14. The van der Waals surface area contributed by atoms with Gasteiger partial charge in [0.2, 0.25) is 0 Å². The molecule has 1 nitrogen and oxygen atoms in total. The van der Waals surface area contributed by atoms with Crippen LogP contribution in [0.3, 0.4) is 0 Å². The van der Waals surface area contributed by atoms with Crippen LogP contribution in [-0.4, -0.2) is 6.54 Å². The second-order valence-corrected chi connectivity index (χ2v) is 3.68. The van der Waals surface area contributed by atoms with E-state index in [-0.39, 0.29) is 0 Å². The first-order chi connectivity index (χ1) is 6.74. The van der Waals surface area contributed by atoms with Crippen molar-refractivity contribution in [3.63, 3.8) is 0 Å². The van der Waals surface area contributed by atoms with Crippen LogP contribution in [0.1, 0.15) is 25.0 Å². The smallest absolute Gasteiger partial charge is 0.0211 e. The fourth-order valence-corrected chi connectivity index (χ4v) is 1.49. The molecule has 0 fully saturated rings. The van der Waals surface area contributed by atoms with E-state index in [0.29, 0.717) is 0 Å². The number of benzene rings is 1. The maximum absolute atomic E-state index is 3.87. The molecule has 0 aliphatic carbocycles. The van der Waals surface area contributed by atoms with E-state index >= 15 is 0 Å². The fraction of sp³-hybridized carbons (Fsp3) is 0.385. The Morgan fingerprint density at radius 1 is 1.29 bits per heavy atom. The molecule has 0 aromatic heterocycles. The molecule has 0 bridgehead atoms. The number of rotatable bonds is 5. The van der Waals surface area contributed by atoms with Gasteiger partial charge in [0.05, 0.1) is 0 Å². The number of aryl methyl sites for hydroxylation is 1. The summed E-state index contributed by atoms with van der Waals surface area (Å²) in [5, 5.41) is 3.38. The van der Waals surface area contributed by atoms with E-state index in [2.05, 4.69) is 43.1 Å². The summed E-state index contributed by atoms with van der Waals surface area (Å²) in [6.07, 6.45) is 1.10. The lowest BCUT2D eigenvalue weighted by Crippen LogP contribution is -2.16. The zero-order valence-electron chi connectivity index (χ0n) is 9.14. The molecule has 0 radical (unpaired) electrons. The Morgan fingerprint density at radius 3 is 2.50 bits per heavy atom. The highest BCUT2D eigenvalue weighted by atomic mass is 14.8. The molecule has 0 unspecified atom stereocenters. The van der Waals surface area contributed by atoms with Gasteiger partial charge < -0.3 is 5.32 Å². The van der Waals surface area contributed by atoms with Gasteiger partial charge in [-0.2, -0.15) is 0 Å². The minimum Gasteiger partial charge on any atom is -0.309 e. The molecule has 0 saturated heterocycles. The topological polar surface area (TPSA) is 12.0 Å². The van der Waals surface area contributed by atoms with Crippen molar-refractivity contribution in [2.75, 3.05) is 6.54 Å². The van der Waals surface area contributed by atoms with Crippen LogP contribution in [0, 0.1) is 0 Å². The summed E-state index contributed by atoms with van der Waals surface area (Å²) in [7, 11) is 0. The van der Waals surface area contributed by atoms with Gasteiger partial charge in [0, 0.05) is 13.1 Å². The van der Waals surface area contributed by atoms with Gasteiger partial charge in [0.15, 0.2) is 0 Å². The second kappa shape index (κ2) is 5.61. The molecule has 0 spiro atoms. The minimum absolute atomic E-state index is 0.901. The normalized spacial score (nSPS) is 10.1. The summed E-state index contributed by atoms with van der Waals surface area (Å²) in [6.45, 7) is 9.94. The highest BCUT2D eigenvalue weighted by molar-refractivity contribution is 5.26. The van der Waals surface area contributed by atoms with Gasteiger partial charge in [-0.1, -0.05) is 43.3 Å². The Balaban J connectivity index is 2.53. The highest BCUT2D eigenvalue weighted by Crippen LogP contribution is 2.08. The molecular formula is C13H19N. The third-order valence-corrected chi connectivity index (χ3v) is 2.24. The first kappa shape index (κ1) is 11.0. The SMILES string of the molecule is C=C(C)CNCc1ccccc1CC. The number of hydrogen-bond acceptors (Lipinski definition) is 1. The van der Waals surface area contributed by atoms with Crippen LogP contribution < -0.4 is 5.32 Å². The third kappa shape index (κ3) is 3.35. The van der Waals surface area contributed by atoms with Crippen molar-refractivity contribution in [3.8, 4) is 0 Å². The molecule has 1 rings (SSSR count). The van der Waals surface area contributed by atoms with Gasteiger partial charge in [-0.15, -0.1) is 0 Å². The largest absolute Gasteiger partial charge is 0.309 e. The lowest BCUT2D eigenvalue weighted by molar-refractivity contribution is 0.734. The van der Waals surface area contributed by atoms with Crippen LogP contribution in [0.25, 0.3) is 0 Å². The van der Waals surface area contributed by atoms with Crippen molar-refractivity contribution in [2.45, 2.75) is 26.8 Å². The van der Waals surface area contributed by atoms with E-state index in [4.69, 9.17) is 0 Å². The zero-order chi connectivity index (χ0) is 10.4. The van der Waals surface area contributed by atoms with E-state index in [1.807, 2.05) is 6.92 Å². The monoisotopic (exact) mass is 189 g/mol. The average Bonchev–Trinajstić information content (AvgIpc) is 2.18. The van der Waals surface area contributed by atoms with Crippen molar-refractivity contribution in [1.29, 1.82) is 0 Å². The van der Waals surface area contributed by atoms with Gasteiger partial charge in [-0.3, -0.25) is 0 Å². The first-order valence-corrected chi connectivity index (χ1v) is 5.16. The van der Waals surface area contributed by atoms with Gasteiger partial charge in [-0.05, 0) is 24.5 Å². The molecule has 1 aromatic rings. The van der Waals surface area contributed by atoms with Gasteiger partial charge >= 0.3 is 0 Å². The summed E-state index contributed by atoms with van der Waals surface area (Å²) in [4.78, 5) is 0. The predicted octanol–water partition coefficient (Wildman–Crippen LogP) is 2.91. The molecule has 1 N–H and O–H groups in total. The van der Waals surface area contributed by atoms with Gasteiger partial charge in [0.25, 0.3) is 0 Å². The fourth-order valence-electron chi connectivity index (χ4n) is 1.49. The molecule has 1 aromatic carbocycles. The van der Waals surface area contributed by atoms with Crippen LogP contribution in [0.4, 0.5) is 0 Å². The lowest BCUT2D eigenvalue weighted by Gasteiger charge is -2.08. The highest BCUT2D eigenvalue weighted by Gasteiger charge is 1.98. The Hall–Kier alpha value is -1.08. The Kier molecular flexibility index (Phi) is 4.41. The molecule has 0 heterocycles. The van der Waals surface area contributed by atoms with Crippen LogP contribution >= 0.6 is 0 Å². The van der Waals surface area contributed by atoms with Crippen LogP contribution in [-0.2, 0) is 13.0 Å². The van der Waals surface area contributed by atoms with Crippen LogP contribution in [0.5, 0.6) is 0 Å². The van der Waals surface area contributed by atoms with E-state index in [1.54, 1.807) is 0 Å².